The molecule has 2 aromatic rings. The lowest BCUT2D eigenvalue weighted by Crippen LogP contribution is -2.29. The summed E-state index contributed by atoms with van der Waals surface area (Å²) in [5, 5.41) is 1.97. The molecule has 1 atom stereocenters. The minimum absolute atomic E-state index is 0.00716. The highest BCUT2D eigenvalue weighted by Gasteiger charge is 2.29. The third-order valence-corrected chi connectivity index (χ3v) is 5.22. The summed E-state index contributed by atoms with van der Waals surface area (Å²) in [6.45, 7) is 0.589. The third-order valence-electron chi connectivity index (χ3n) is 4.18. The van der Waals surface area contributed by atoms with E-state index in [1.807, 2.05) is 24.4 Å². The van der Waals surface area contributed by atoms with Gasteiger partial charge in [0.05, 0.1) is 13.2 Å². The number of benzene rings is 1. The molecule has 0 N–H and O–H groups in total. The number of methoxy groups -OCH3 is 1. The Morgan fingerprint density at radius 3 is 2.59 bits per heavy atom. The normalized spacial score (nSPS) is 12.5. The van der Waals surface area contributed by atoms with Gasteiger partial charge >= 0.3 is 6.18 Å². The van der Waals surface area contributed by atoms with Crippen LogP contribution in [0.3, 0.4) is 0 Å². The van der Waals surface area contributed by atoms with Gasteiger partial charge in [0, 0.05) is 18.3 Å². The van der Waals surface area contributed by atoms with Crippen LogP contribution in [-0.2, 0) is 11.2 Å². The Hall–Kier alpha value is -2.22. The Labute approximate surface area is 160 Å². The Morgan fingerprint density at radius 1 is 1.26 bits per heavy atom. The zero-order valence-corrected chi connectivity index (χ0v) is 16.2. The Balaban J connectivity index is 1.95. The number of alkyl halides is 3. The van der Waals surface area contributed by atoms with Gasteiger partial charge in [0.1, 0.15) is 0 Å². The molecule has 2 rings (SSSR count). The summed E-state index contributed by atoms with van der Waals surface area (Å²) in [5.41, 5.74) is 0.789. The van der Waals surface area contributed by atoms with Crippen LogP contribution in [0, 0.1) is 0 Å². The average molecular weight is 401 g/mol. The molecule has 1 heterocycles. The van der Waals surface area contributed by atoms with E-state index in [-0.39, 0.29) is 29.9 Å². The van der Waals surface area contributed by atoms with Crippen LogP contribution in [0.15, 0.2) is 35.7 Å². The maximum absolute atomic E-state index is 12.4. The summed E-state index contributed by atoms with van der Waals surface area (Å²) in [6.07, 6.45) is -3.67. The van der Waals surface area contributed by atoms with Crippen LogP contribution < -0.4 is 9.47 Å². The van der Waals surface area contributed by atoms with Crippen LogP contribution in [0.1, 0.15) is 29.8 Å². The zero-order chi connectivity index (χ0) is 20.0. The fourth-order valence-electron chi connectivity index (χ4n) is 2.51. The fourth-order valence-corrected chi connectivity index (χ4v) is 3.34. The van der Waals surface area contributed by atoms with Crippen LogP contribution in [-0.4, -0.2) is 37.7 Å². The molecule has 0 fully saturated rings. The van der Waals surface area contributed by atoms with E-state index in [9.17, 15) is 18.0 Å². The first-order chi connectivity index (χ1) is 12.7. The molecule has 1 aromatic heterocycles. The molecule has 0 aliphatic carbocycles. The van der Waals surface area contributed by atoms with Crippen molar-refractivity contribution in [2.24, 2.45) is 0 Å². The van der Waals surface area contributed by atoms with E-state index in [1.54, 1.807) is 35.4 Å². The molecule has 1 aromatic carbocycles. The van der Waals surface area contributed by atoms with Crippen LogP contribution in [0.2, 0.25) is 0 Å². The van der Waals surface area contributed by atoms with Crippen molar-refractivity contribution in [2.75, 3.05) is 20.8 Å². The second-order valence-electron chi connectivity index (χ2n) is 6.09. The molecule has 8 heteroatoms. The minimum atomic E-state index is -4.42. The molecule has 0 saturated heterocycles. The number of hydrogen-bond donors (Lipinski definition) is 0. The number of nitrogens with zero attached hydrogens (tertiary/aromatic N) is 1. The second kappa shape index (κ2) is 9.12. The summed E-state index contributed by atoms with van der Waals surface area (Å²) in [7, 11) is 3.13. The van der Waals surface area contributed by atoms with E-state index in [2.05, 4.69) is 0 Å². The molecule has 4 nitrogen and oxygen atoms in total. The molecule has 1 amide bonds. The topological polar surface area (TPSA) is 38.8 Å². The van der Waals surface area contributed by atoms with Crippen LogP contribution >= 0.6 is 11.3 Å². The van der Waals surface area contributed by atoms with Crippen LogP contribution in [0.4, 0.5) is 13.2 Å². The maximum Gasteiger partial charge on any atom is 0.422 e. The van der Waals surface area contributed by atoms with Gasteiger partial charge in [-0.3, -0.25) is 4.79 Å². The summed E-state index contributed by atoms with van der Waals surface area (Å²) < 4.78 is 46.8. The number of carbonyl (C=O) groups excluding carboxylic acids is 1. The summed E-state index contributed by atoms with van der Waals surface area (Å²) in [4.78, 5) is 15.2. The van der Waals surface area contributed by atoms with E-state index >= 15 is 0 Å². The average Bonchev–Trinajstić information content (AvgIpc) is 3.17. The monoisotopic (exact) mass is 401 g/mol. The number of carbonyl (C=O) groups is 1. The third kappa shape index (κ3) is 6.16. The van der Waals surface area contributed by atoms with Crippen molar-refractivity contribution in [1.29, 1.82) is 0 Å². The SMILES string of the molecule is COc1cc(CCC(=O)N(C)C(C)c2cccs2)ccc1OCC(F)(F)F. The van der Waals surface area contributed by atoms with Gasteiger partial charge in [-0.05, 0) is 42.5 Å². The van der Waals surface area contributed by atoms with E-state index in [0.717, 1.165) is 10.4 Å². The van der Waals surface area contributed by atoms with E-state index in [4.69, 9.17) is 9.47 Å². The molecule has 0 aliphatic rings. The second-order valence-corrected chi connectivity index (χ2v) is 7.06. The highest BCUT2D eigenvalue weighted by Crippen LogP contribution is 2.30. The quantitative estimate of drug-likeness (QED) is 0.635. The number of ether oxygens (including phenoxy) is 2. The van der Waals surface area contributed by atoms with E-state index in [1.165, 1.54) is 13.2 Å². The largest absolute Gasteiger partial charge is 0.493 e. The Morgan fingerprint density at radius 2 is 2.00 bits per heavy atom. The molecule has 27 heavy (non-hydrogen) atoms. The zero-order valence-electron chi connectivity index (χ0n) is 15.4. The summed E-state index contributed by atoms with van der Waals surface area (Å²) >= 11 is 1.60. The van der Waals surface area contributed by atoms with Crippen LogP contribution in [0.5, 0.6) is 11.5 Å². The number of thiophene rings is 1. The first kappa shape index (κ1) is 21.1. The number of aryl methyl sites for hydroxylation is 1. The minimum Gasteiger partial charge on any atom is -0.493 e. The van der Waals surface area contributed by atoms with Crippen molar-refractivity contribution < 1.29 is 27.4 Å². The lowest BCUT2D eigenvalue weighted by Gasteiger charge is -2.24. The lowest BCUT2D eigenvalue weighted by atomic mass is 10.1. The number of rotatable bonds is 8. The molecular weight excluding hydrogens is 379 g/mol. The predicted molar refractivity (Wildman–Crippen MR) is 98.4 cm³/mol. The highest BCUT2D eigenvalue weighted by atomic mass is 32.1. The number of amides is 1. The van der Waals surface area contributed by atoms with Crippen molar-refractivity contribution in [3.05, 3.63) is 46.2 Å². The van der Waals surface area contributed by atoms with Gasteiger partial charge in [0.15, 0.2) is 18.1 Å². The molecule has 0 radical (unpaired) electrons. The maximum atomic E-state index is 12.4. The molecular formula is C19H22F3NO3S. The van der Waals surface area contributed by atoms with Crippen molar-refractivity contribution in [3.63, 3.8) is 0 Å². The fraction of sp³-hybridized carbons (Fsp3) is 0.421. The van der Waals surface area contributed by atoms with Gasteiger partial charge in [-0.2, -0.15) is 13.2 Å². The summed E-state index contributed by atoms with van der Waals surface area (Å²) in [5.74, 6) is 0.227. The van der Waals surface area contributed by atoms with Crippen molar-refractivity contribution in [3.8, 4) is 11.5 Å². The first-order valence-corrected chi connectivity index (χ1v) is 9.24. The Kier molecular flexibility index (Phi) is 7.12. The van der Waals surface area contributed by atoms with Gasteiger partial charge in [-0.25, -0.2) is 0 Å². The lowest BCUT2D eigenvalue weighted by molar-refractivity contribution is -0.153. The van der Waals surface area contributed by atoms with Crippen molar-refractivity contribution >= 4 is 17.2 Å². The number of halogens is 3. The van der Waals surface area contributed by atoms with Gasteiger partial charge in [0.2, 0.25) is 5.91 Å². The number of hydrogen-bond acceptors (Lipinski definition) is 4. The highest BCUT2D eigenvalue weighted by molar-refractivity contribution is 7.10. The molecule has 0 aliphatic heterocycles. The van der Waals surface area contributed by atoms with Gasteiger partial charge in [-0.15, -0.1) is 11.3 Å². The molecule has 1 unspecified atom stereocenters. The summed E-state index contributed by atoms with van der Waals surface area (Å²) in [6, 6.07) is 8.60. The molecule has 0 bridgehead atoms. The van der Waals surface area contributed by atoms with Gasteiger partial charge in [-0.1, -0.05) is 12.1 Å². The van der Waals surface area contributed by atoms with Crippen molar-refractivity contribution in [2.45, 2.75) is 32.0 Å². The van der Waals surface area contributed by atoms with Gasteiger partial charge < -0.3 is 14.4 Å². The first-order valence-electron chi connectivity index (χ1n) is 8.37. The van der Waals surface area contributed by atoms with Gasteiger partial charge in [0.25, 0.3) is 0 Å². The Bertz CT molecular complexity index is 747. The van der Waals surface area contributed by atoms with E-state index in [0.29, 0.717) is 6.42 Å². The molecule has 0 saturated carbocycles. The van der Waals surface area contributed by atoms with E-state index < -0.39 is 12.8 Å². The molecule has 0 spiro atoms. The standard InChI is InChI=1S/C19H22F3NO3S/c1-13(17-5-4-10-27-17)23(2)18(24)9-7-14-6-8-15(16(11-14)25-3)26-12-19(20,21)22/h4-6,8,10-11,13H,7,9,12H2,1-3H3. The van der Waals surface area contributed by atoms with Crippen LogP contribution in [0.25, 0.3) is 0 Å². The predicted octanol–water partition coefficient (Wildman–Crippen LogP) is 4.85. The smallest absolute Gasteiger partial charge is 0.422 e. The van der Waals surface area contributed by atoms with Crippen molar-refractivity contribution in [1.82, 2.24) is 4.90 Å². The molecule has 148 valence electrons.